The highest BCUT2D eigenvalue weighted by Crippen LogP contribution is 2.07. The first-order valence-electron chi connectivity index (χ1n) is 7.20. The zero-order chi connectivity index (χ0) is 16.2. The number of carbonyl (C=O) groups excluding carboxylic acids is 1. The fourth-order valence-electron chi connectivity index (χ4n) is 2.28. The van der Waals surface area contributed by atoms with Crippen LogP contribution in [0.3, 0.4) is 0 Å². The van der Waals surface area contributed by atoms with Gasteiger partial charge in [-0.05, 0) is 24.3 Å². The minimum atomic E-state index is -0.349. The van der Waals surface area contributed by atoms with Crippen molar-refractivity contribution in [1.29, 1.82) is 0 Å². The minimum Gasteiger partial charge on any atom is -0.331 e. The van der Waals surface area contributed by atoms with Crippen LogP contribution in [-0.2, 0) is 13.6 Å². The molecule has 1 heterocycles. The Labute approximate surface area is 132 Å². The summed E-state index contributed by atoms with van der Waals surface area (Å²) in [6.07, 6.45) is 0. The van der Waals surface area contributed by atoms with Crippen LogP contribution in [-0.4, -0.2) is 15.6 Å². The average Bonchev–Trinajstić information content (AvgIpc) is 2.58. The third kappa shape index (κ3) is 3.21. The van der Waals surface area contributed by atoms with Crippen LogP contribution in [0.5, 0.6) is 0 Å². The lowest BCUT2D eigenvalue weighted by molar-refractivity contribution is 0.251. The molecular weight excluding hydrogens is 292 g/mol. The molecular formula is C17H16N4O2. The molecule has 0 spiro atoms. The standard InChI is InChI=1S/C17H16N4O2/c1-21-15(20-14-10-6-5-9-13(14)16(21)22)11-18-17(23)19-12-7-3-2-4-8-12/h2-10H,11H2,1H3,(H2,18,19,23). The molecule has 3 aromatic rings. The molecule has 0 bridgehead atoms. The molecule has 23 heavy (non-hydrogen) atoms. The van der Waals surface area contributed by atoms with Crippen LogP contribution >= 0.6 is 0 Å². The number of hydrogen-bond acceptors (Lipinski definition) is 3. The van der Waals surface area contributed by atoms with E-state index in [1.165, 1.54) is 4.57 Å². The van der Waals surface area contributed by atoms with Crippen molar-refractivity contribution >= 4 is 22.6 Å². The van der Waals surface area contributed by atoms with Crippen LogP contribution in [0.1, 0.15) is 5.82 Å². The lowest BCUT2D eigenvalue weighted by atomic mass is 10.2. The molecule has 6 heteroatoms. The lowest BCUT2D eigenvalue weighted by Crippen LogP contribution is -2.32. The van der Waals surface area contributed by atoms with E-state index in [-0.39, 0.29) is 18.1 Å². The van der Waals surface area contributed by atoms with Crippen molar-refractivity contribution in [2.24, 2.45) is 7.05 Å². The number of amides is 2. The van der Waals surface area contributed by atoms with Gasteiger partial charge in [-0.3, -0.25) is 9.36 Å². The molecule has 0 aliphatic rings. The first-order chi connectivity index (χ1) is 11.1. The van der Waals surface area contributed by atoms with Crippen molar-refractivity contribution in [2.75, 3.05) is 5.32 Å². The zero-order valence-corrected chi connectivity index (χ0v) is 12.6. The number of nitrogens with one attached hydrogen (secondary N) is 2. The molecule has 0 radical (unpaired) electrons. The molecule has 0 aliphatic carbocycles. The van der Waals surface area contributed by atoms with Crippen molar-refractivity contribution in [1.82, 2.24) is 14.9 Å². The molecule has 6 nitrogen and oxygen atoms in total. The van der Waals surface area contributed by atoms with E-state index in [9.17, 15) is 9.59 Å². The van der Waals surface area contributed by atoms with E-state index in [0.717, 1.165) is 0 Å². The van der Waals surface area contributed by atoms with Crippen LogP contribution in [0.25, 0.3) is 10.9 Å². The van der Waals surface area contributed by atoms with Crippen molar-refractivity contribution in [3.8, 4) is 0 Å². The van der Waals surface area contributed by atoms with Gasteiger partial charge in [0.25, 0.3) is 5.56 Å². The molecule has 2 N–H and O–H groups in total. The van der Waals surface area contributed by atoms with Gasteiger partial charge in [0.2, 0.25) is 0 Å². The third-order valence-corrected chi connectivity index (χ3v) is 3.51. The highest BCUT2D eigenvalue weighted by molar-refractivity contribution is 5.89. The van der Waals surface area contributed by atoms with E-state index in [1.54, 1.807) is 37.4 Å². The molecule has 0 atom stereocenters. The molecule has 0 aliphatic heterocycles. The average molecular weight is 308 g/mol. The molecule has 0 unspecified atom stereocenters. The summed E-state index contributed by atoms with van der Waals surface area (Å²) in [6, 6.07) is 15.9. The first kappa shape index (κ1) is 14.8. The highest BCUT2D eigenvalue weighted by Gasteiger charge is 2.09. The monoisotopic (exact) mass is 308 g/mol. The summed E-state index contributed by atoms with van der Waals surface area (Å²) < 4.78 is 1.45. The van der Waals surface area contributed by atoms with E-state index < -0.39 is 0 Å². The summed E-state index contributed by atoms with van der Waals surface area (Å²) >= 11 is 0. The quantitative estimate of drug-likeness (QED) is 0.779. The number of urea groups is 1. The number of benzene rings is 2. The van der Waals surface area contributed by atoms with E-state index in [1.807, 2.05) is 24.3 Å². The summed E-state index contributed by atoms with van der Waals surface area (Å²) in [7, 11) is 1.65. The van der Waals surface area contributed by atoms with E-state index in [4.69, 9.17) is 0 Å². The van der Waals surface area contributed by atoms with Gasteiger partial charge in [0, 0.05) is 12.7 Å². The number of aromatic nitrogens is 2. The Morgan fingerprint density at radius 1 is 1.09 bits per heavy atom. The molecule has 3 rings (SSSR count). The van der Waals surface area contributed by atoms with Gasteiger partial charge in [-0.25, -0.2) is 9.78 Å². The third-order valence-electron chi connectivity index (χ3n) is 3.51. The van der Waals surface area contributed by atoms with Crippen LogP contribution in [0.15, 0.2) is 59.4 Å². The summed E-state index contributed by atoms with van der Waals surface area (Å²) in [5, 5.41) is 5.99. The summed E-state index contributed by atoms with van der Waals surface area (Å²) in [4.78, 5) is 28.6. The lowest BCUT2D eigenvalue weighted by Gasteiger charge is -2.11. The maximum atomic E-state index is 12.3. The van der Waals surface area contributed by atoms with E-state index >= 15 is 0 Å². The second-order valence-corrected chi connectivity index (χ2v) is 5.08. The molecule has 2 amide bonds. The van der Waals surface area contributed by atoms with Crippen molar-refractivity contribution in [3.05, 3.63) is 70.8 Å². The van der Waals surface area contributed by atoms with Gasteiger partial charge >= 0.3 is 6.03 Å². The number of fused-ring (bicyclic) bond motifs is 1. The fourth-order valence-corrected chi connectivity index (χ4v) is 2.28. The second-order valence-electron chi connectivity index (χ2n) is 5.08. The minimum absolute atomic E-state index is 0.129. The molecule has 0 saturated heterocycles. The predicted molar refractivity (Wildman–Crippen MR) is 89.3 cm³/mol. The van der Waals surface area contributed by atoms with Crippen LogP contribution in [0.4, 0.5) is 10.5 Å². The van der Waals surface area contributed by atoms with Gasteiger partial charge in [0.15, 0.2) is 0 Å². The summed E-state index contributed by atoms with van der Waals surface area (Å²) in [5.74, 6) is 0.497. The Morgan fingerprint density at radius 3 is 2.57 bits per heavy atom. The molecule has 0 fully saturated rings. The molecule has 1 aromatic heterocycles. The van der Waals surface area contributed by atoms with E-state index in [2.05, 4.69) is 15.6 Å². The smallest absolute Gasteiger partial charge is 0.319 e. The van der Waals surface area contributed by atoms with Gasteiger partial charge in [-0.2, -0.15) is 0 Å². The Morgan fingerprint density at radius 2 is 1.78 bits per heavy atom. The number of anilines is 1. The van der Waals surface area contributed by atoms with Crippen molar-refractivity contribution in [3.63, 3.8) is 0 Å². The first-order valence-corrected chi connectivity index (χ1v) is 7.20. The number of nitrogens with zero attached hydrogens (tertiary/aromatic N) is 2. The number of rotatable bonds is 3. The second kappa shape index (κ2) is 6.31. The molecule has 116 valence electrons. The largest absolute Gasteiger partial charge is 0.331 e. The topological polar surface area (TPSA) is 76.0 Å². The van der Waals surface area contributed by atoms with Gasteiger partial charge < -0.3 is 10.6 Å². The number of hydrogen-bond donors (Lipinski definition) is 2. The van der Waals surface area contributed by atoms with Crippen LogP contribution in [0.2, 0.25) is 0 Å². The van der Waals surface area contributed by atoms with Gasteiger partial charge in [0.05, 0.1) is 17.4 Å². The van der Waals surface area contributed by atoms with Crippen molar-refractivity contribution in [2.45, 2.75) is 6.54 Å². The Kier molecular flexibility index (Phi) is 4.05. The van der Waals surface area contributed by atoms with Crippen LogP contribution < -0.4 is 16.2 Å². The maximum absolute atomic E-state index is 12.3. The zero-order valence-electron chi connectivity index (χ0n) is 12.6. The maximum Gasteiger partial charge on any atom is 0.319 e. The fraction of sp³-hybridized carbons (Fsp3) is 0.118. The van der Waals surface area contributed by atoms with Gasteiger partial charge in [-0.15, -0.1) is 0 Å². The van der Waals surface area contributed by atoms with E-state index in [0.29, 0.717) is 22.4 Å². The highest BCUT2D eigenvalue weighted by atomic mass is 16.2. The van der Waals surface area contributed by atoms with Gasteiger partial charge in [0.1, 0.15) is 5.82 Å². The molecule has 0 saturated carbocycles. The molecule has 2 aromatic carbocycles. The Bertz CT molecular complexity index is 903. The number of para-hydroxylation sites is 2. The Balaban J connectivity index is 1.76. The summed E-state index contributed by atoms with van der Waals surface area (Å²) in [6.45, 7) is 0.162. The van der Waals surface area contributed by atoms with Crippen molar-refractivity contribution < 1.29 is 4.79 Å². The summed E-state index contributed by atoms with van der Waals surface area (Å²) in [5.41, 5.74) is 1.19. The predicted octanol–water partition coefficient (Wildman–Crippen LogP) is 2.26. The number of carbonyl (C=O) groups is 1. The normalized spacial score (nSPS) is 10.5. The SMILES string of the molecule is Cn1c(CNC(=O)Nc2ccccc2)nc2ccccc2c1=O. The van der Waals surface area contributed by atoms with Crippen LogP contribution in [0, 0.1) is 0 Å². The Hall–Kier alpha value is -3.15. The van der Waals surface area contributed by atoms with Gasteiger partial charge in [-0.1, -0.05) is 30.3 Å².